The summed E-state index contributed by atoms with van der Waals surface area (Å²) in [6.45, 7) is 7.48. The quantitative estimate of drug-likeness (QED) is 0.536. The molecule has 2 fully saturated rings. The second kappa shape index (κ2) is 10.6. The molecule has 0 aromatic carbocycles. The Bertz CT molecular complexity index is 438. The van der Waals surface area contributed by atoms with Gasteiger partial charge in [0.2, 0.25) is 0 Å². The molecule has 1 aliphatic heterocycles. The monoisotopic (exact) mass is 350 g/mol. The van der Waals surface area contributed by atoms with Crippen molar-refractivity contribution in [3.05, 3.63) is 12.7 Å². The zero-order valence-corrected chi connectivity index (χ0v) is 15.7. The first kappa shape index (κ1) is 20.0. The van der Waals surface area contributed by atoms with E-state index in [0.717, 1.165) is 45.1 Å². The number of Topliss-reactive ketones (excluding diaryl/α,β-unsaturated/α-hetero) is 1. The minimum absolute atomic E-state index is 0.0840. The number of amides is 2. The smallest absolute Gasteiger partial charge is 0.317 e. The summed E-state index contributed by atoms with van der Waals surface area (Å²) in [7, 11) is 0. The molecular formula is C20H34N2O3. The van der Waals surface area contributed by atoms with E-state index in [1.54, 1.807) is 6.92 Å². The van der Waals surface area contributed by atoms with Gasteiger partial charge in [0.05, 0.1) is 12.1 Å². The fourth-order valence-electron chi connectivity index (χ4n) is 3.95. The molecule has 1 aliphatic carbocycles. The van der Waals surface area contributed by atoms with Gasteiger partial charge in [-0.05, 0) is 51.4 Å². The molecule has 0 unspecified atom stereocenters. The molecule has 0 spiro atoms. The van der Waals surface area contributed by atoms with E-state index in [1.807, 2.05) is 11.0 Å². The Labute approximate surface area is 152 Å². The van der Waals surface area contributed by atoms with Gasteiger partial charge in [-0.25, -0.2) is 4.79 Å². The minimum Gasteiger partial charge on any atom is -0.378 e. The van der Waals surface area contributed by atoms with E-state index in [2.05, 4.69) is 11.9 Å². The molecule has 0 bridgehead atoms. The number of urea groups is 1. The van der Waals surface area contributed by atoms with Crippen LogP contribution in [-0.2, 0) is 9.53 Å². The van der Waals surface area contributed by atoms with Crippen molar-refractivity contribution in [1.29, 1.82) is 0 Å². The molecule has 1 heterocycles. The van der Waals surface area contributed by atoms with Crippen molar-refractivity contribution in [2.24, 2.45) is 5.92 Å². The highest BCUT2D eigenvalue weighted by Gasteiger charge is 2.31. The number of ether oxygens (including phenoxy) is 1. The Kier molecular flexibility index (Phi) is 8.45. The van der Waals surface area contributed by atoms with Crippen molar-refractivity contribution in [3.8, 4) is 0 Å². The number of carbonyl (C=O) groups is 2. The first-order valence-corrected chi connectivity index (χ1v) is 9.90. The number of rotatable bonds is 8. The number of hydrogen-bond acceptors (Lipinski definition) is 3. The lowest BCUT2D eigenvalue weighted by atomic mass is 9.82. The van der Waals surface area contributed by atoms with Crippen molar-refractivity contribution in [2.45, 2.75) is 76.9 Å². The van der Waals surface area contributed by atoms with Gasteiger partial charge in [0, 0.05) is 19.7 Å². The van der Waals surface area contributed by atoms with Gasteiger partial charge in [0.25, 0.3) is 0 Å². The summed E-state index contributed by atoms with van der Waals surface area (Å²) < 4.78 is 5.87. The summed E-state index contributed by atoms with van der Waals surface area (Å²) in [5, 5.41) is 3.02. The molecule has 2 rings (SSSR count). The zero-order chi connectivity index (χ0) is 18.1. The lowest BCUT2D eigenvalue weighted by Gasteiger charge is -2.35. The Morgan fingerprint density at radius 3 is 2.48 bits per heavy atom. The predicted molar refractivity (Wildman–Crippen MR) is 99.6 cm³/mol. The molecule has 0 aromatic rings. The lowest BCUT2D eigenvalue weighted by Crippen LogP contribution is -2.53. The van der Waals surface area contributed by atoms with Crippen molar-refractivity contribution >= 4 is 11.8 Å². The molecular weight excluding hydrogens is 316 g/mol. The normalized spacial score (nSPS) is 20.9. The van der Waals surface area contributed by atoms with Gasteiger partial charge < -0.3 is 15.0 Å². The summed E-state index contributed by atoms with van der Waals surface area (Å²) in [6.07, 6.45) is 11.6. The number of unbranched alkanes of at least 4 members (excludes halogenated alkanes) is 1. The number of piperidine rings is 1. The van der Waals surface area contributed by atoms with Crippen LogP contribution in [0.3, 0.4) is 0 Å². The van der Waals surface area contributed by atoms with E-state index >= 15 is 0 Å². The summed E-state index contributed by atoms with van der Waals surface area (Å²) in [6, 6.07) is -0.406. The van der Waals surface area contributed by atoms with Crippen molar-refractivity contribution in [2.75, 3.05) is 19.7 Å². The Morgan fingerprint density at radius 2 is 1.88 bits per heavy atom. The number of nitrogens with one attached hydrogen (secondary N) is 1. The second-order valence-corrected chi connectivity index (χ2v) is 7.42. The third-order valence-electron chi connectivity index (χ3n) is 5.47. The number of ketones is 1. The van der Waals surface area contributed by atoms with Gasteiger partial charge in [0.1, 0.15) is 0 Å². The molecule has 142 valence electrons. The maximum absolute atomic E-state index is 12.6. The van der Waals surface area contributed by atoms with Gasteiger partial charge in [-0.1, -0.05) is 25.3 Å². The van der Waals surface area contributed by atoms with Crippen LogP contribution in [0.25, 0.3) is 0 Å². The van der Waals surface area contributed by atoms with E-state index in [0.29, 0.717) is 19.0 Å². The number of hydrogen-bond donors (Lipinski definition) is 1. The first-order chi connectivity index (χ1) is 12.1. The second-order valence-electron chi connectivity index (χ2n) is 7.42. The minimum atomic E-state index is -0.319. The summed E-state index contributed by atoms with van der Waals surface area (Å²) in [4.78, 5) is 26.4. The van der Waals surface area contributed by atoms with Crippen molar-refractivity contribution in [3.63, 3.8) is 0 Å². The van der Waals surface area contributed by atoms with Crippen LogP contribution < -0.4 is 5.32 Å². The Hall–Kier alpha value is -1.36. The molecule has 2 aliphatic rings. The van der Waals surface area contributed by atoms with Gasteiger partial charge in [-0.2, -0.15) is 0 Å². The highest BCUT2D eigenvalue weighted by Crippen LogP contribution is 2.27. The predicted octanol–water partition coefficient (Wildman–Crippen LogP) is 3.68. The van der Waals surface area contributed by atoms with Crippen LogP contribution in [0.15, 0.2) is 12.7 Å². The number of nitrogens with zero attached hydrogens (tertiary/aromatic N) is 1. The van der Waals surface area contributed by atoms with Crippen LogP contribution in [0, 0.1) is 5.92 Å². The number of allylic oxidation sites excluding steroid dienone is 1. The van der Waals surface area contributed by atoms with E-state index in [1.165, 1.54) is 19.3 Å². The van der Waals surface area contributed by atoms with Gasteiger partial charge in [0.15, 0.2) is 5.78 Å². The van der Waals surface area contributed by atoms with Gasteiger partial charge >= 0.3 is 6.03 Å². The molecule has 0 radical (unpaired) electrons. The van der Waals surface area contributed by atoms with E-state index in [-0.39, 0.29) is 24.0 Å². The SMILES string of the molecule is C=CCCCOC1CCN(C(=O)N[C@H](C(C)=O)C2CCCCC2)CC1. The van der Waals surface area contributed by atoms with Crippen LogP contribution in [0.2, 0.25) is 0 Å². The molecule has 0 aromatic heterocycles. The molecule has 2 amide bonds. The third-order valence-corrected chi connectivity index (χ3v) is 5.47. The standard InChI is InChI=1S/C20H34N2O3/c1-3-4-8-15-25-18-11-13-22(14-12-18)20(24)21-19(16(2)23)17-9-6-5-7-10-17/h3,17-19H,1,4-15H2,2H3,(H,21,24)/t19-/m1/s1. The van der Waals surface area contributed by atoms with Crippen LogP contribution in [0.1, 0.15) is 64.7 Å². The van der Waals surface area contributed by atoms with Crippen molar-refractivity contribution in [1.82, 2.24) is 10.2 Å². The van der Waals surface area contributed by atoms with E-state index in [9.17, 15) is 9.59 Å². The van der Waals surface area contributed by atoms with Crippen LogP contribution in [-0.4, -0.2) is 48.6 Å². The fourth-order valence-corrected chi connectivity index (χ4v) is 3.95. The Balaban J connectivity index is 1.74. The highest BCUT2D eigenvalue weighted by molar-refractivity contribution is 5.87. The summed E-state index contributed by atoms with van der Waals surface area (Å²) in [5.41, 5.74) is 0. The lowest BCUT2D eigenvalue weighted by molar-refractivity contribution is -0.120. The first-order valence-electron chi connectivity index (χ1n) is 9.90. The van der Waals surface area contributed by atoms with E-state index < -0.39 is 0 Å². The van der Waals surface area contributed by atoms with Gasteiger partial charge in [-0.15, -0.1) is 6.58 Å². The van der Waals surface area contributed by atoms with Crippen LogP contribution in [0.4, 0.5) is 4.79 Å². The van der Waals surface area contributed by atoms with E-state index in [4.69, 9.17) is 4.74 Å². The topological polar surface area (TPSA) is 58.6 Å². The highest BCUT2D eigenvalue weighted by atomic mass is 16.5. The molecule has 5 heteroatoms. The fraction of sp³-hybridized carbons (Fsp3) is 0.800. The average molecular weight is 351 g/mol. The summed E-state index contributed by atoms with van der Waals surface area (Å²) >= 11 is 0. The molecule has 1 saturated heterocycles. The average Bonchev–Trinajstić information content (AvgIpc) is 2.64. The Morgan fingerprint density at radius 1 is 1.20 bits per heavy atom. The maximum Gasteiger partial charge on any atom is 0.317 e. The van der Waals surface area contributed by atoms with Crippen molar-refractivity contribution < 1.29 is 14.3 Å². The molecule has 1 atom stereocenters. The van der Waals surface area contributed by atoms with Gasteiger partial charge in [-0.3, -0.25) is 4.79 Å². The van der Waals surface area contributed by atoms with Crippen LogP contribution in [0.5, 0.6) is 0 Å². The summed E-state index contributed by atoms with van der Waals surface area (Å²) in [5.74, 6) is 0.390. The molecule has 1 N–H and O–H groups in total. The molecule has 25 heavy (non-hydrogen) atoms. The zero-order valence-electron chi connectivity index (χ0n) is 15.7. The maximum atomic E-state index is 12.6. The largest absolute Gasteiger partial charge is 0.378 e. The molecule has 5 nitrogen and oxygen atoms in total. The number of carbonyl (C=O) groups excluding carboxylic acids is 2. The third kappa shape index (κ3) is 6.46. The van der Waals surface area contributed by atoms with Crippen LogP contribution >= 0.6 is 0 Å². The number of likely N-dealkylation sites (tertiary alicyclic amines) is 1. The molecule has 1 saturated carbocycles.